The molecule has 3 aromatic rings. The fraction of sp³-hybridized carbons (Fsp3) is 0.400. The van der Waals surface area contributed by atoms with E-state index in [2.05, 4.69) is 0 Å². The second-order valence-corrected chi connectivity index (χ2v) is 8.73. The SMILES string of the molecule is O=c1c2cc(O)ccc2c(-c2ccc(F)cc2)c(C2CCOCC2)n1[C@H]1C[C@H](CO)C1. The maximum Gasteiger partial charge on any atom is 0.259 e. The van der Waals surface area contributed by atoms with Crippen LogP contribution in [-0.4, -0.2) is 34.6 Å². The zero-order chi connectivity index (χ0) is 21.5. The standard InChI is InChI=1S/C25H26FNO4/c26-18-3-1-16(2-4-18)23-21-6-5-20(29)13-22(21)25(30)27(19-11-15(12-19)14-28)24(23)17-7-9-31-10-8-17/h1-6,13,15,17,19,28-29H,7-12,14H2/t15-,19-. The Morgan fingerprint density at radius 3 is 2.42 bits per heavy atom. The molecule has 162 valence electrons. The first-order valence-corrected chi connectivity index (χ1v) is 10.9. The molecule has 2 aromatic carbocycles. The molecule has 2 aliphatic rings. The Morgan fingerprint density at radius 2 is 1.74 bits per heavy atom. The van der Waals surface area contributed by atoms with Gasteiger partial charge >= 0.3 is 0 Å². The molecule has 31 heavy (non-hydrogen) atoms. The number of halogens is 1. The van der Waals surface area contributed by atoms with E-state index in [0.717, 1.165) is 47.9 Å². The Hall–Kier alpha value is -2.70. The van der Waals surface area contributed by atoms with E-state index < -0.39 is 0 Å². The predicted octanol–water partition coefficient (Wildman–Crippen LogP) is 4.35. The topological polar surface area (TPSA) is 71.7 Å². The number of benzene rings is 2. The van der Waals surface area contributed by atoms with Gasteiger partial charge in [-0.2, -0.15) is 0 Å². The second kappa shape index (κ2) is 8.09. The minimum atomic E-state index is -0.309. The van der Waals surface area contributed by atoms with Gasteiger partial charge in [-0.15, -0.1) is 0 Å². The highest BCUT2D eigenvalue weighted by Gasteiger charge is 2.35. The molecule has 2 N–H and O–H groups in total. The van der Waals surface area contributed by atoms with Crippen molar-refractivity contribution in [2.45, 2.75) is 37.6 Å². The minimum Gasteiger partial charge on any atom is -0.508 e. The first-order chi connectivity index (χ1) is 15.1. The van der Waals surface area contributed by atoms with Gasteiger partial charge in [-0.25, -0.2) is 4.39 Å². The maximum atomic E-state index is 13.7. The molecular weight excluding hydrogens is 397 g/mol. The molecule has 5 rings (SSSR count). The molecule has 6 heteroatoms. The number of aromatic nitrogens is 1. The van der Waals surface area contributed by atoms with Gasteiger partial charge in [0, 0.05) is 43.0 Å². The summed E-state index contributed by atoms with van der Waals surface area (Å²) < 4.78 is 21.2. The van der Waals surface area contributed by atoms with Crippen LogP contribution in [0.3, 0.4) is 0 Å². The molecule has 2 heterocycles. The van der Waals surface area contributed by atoms with Gasteiger partial charge in [-0.1, -0.05) is 12.1 Å². The number of rotatable bonds is 4. The number of pyridine rings is 1. The molecule has 1 aliphatic heterocycles. The fourth-order valence-corrected chi connectivity index (χ4v) is 5.14. The lowest BCUT2D eigenvalue weighted by atomic mass is 9.78. The van der Waals surface area contributed by atoms with Gasteiger partial charge in [0.05, 0.1) is 5.39 Å². The van der Waals surface area contributed by atoms with Crippen molar-refractivity contribution in [1.29, 1.82) is 0 Å². The molecule has 1 saturated heterocycles. The van der Waals surface area contributed by atoms with Crippen LogP contribution < -0.4 is 5.56 Å². The van der Waals surface area contributed by atoms with Crippen molar-refractivity contribution in [3.63, 3.8) is 0 Å². The van der Waals surface area contributed by atoms with Crippen LogP contribution in [0.25, 0.3) is 21.9 Å². The predicted molar refractivity (Wildman–Crippen MR) is 117 cm³/mol. The Labute approximate surface area is 179 Å². The van der Waals surface area contributed by atoms with E-state index in [1.807, 2.05) is 4.57 Å². The summed E-state index contributed by atoms with van der Waals surface area (Å²) >= 11 is 0. The smallest absolute Gasteiger partial charge is 0.259 e. The van der Waals surface area contributed by atoms with Crippen molar-refractivity contribution in [2.24, 2.45) is 5.92 Å². The van der Waals surface area contributed by atoms with Crippen molar-refractivity contribution >= 4 is 10.8 Å². The molecule has 0 spiro atoms. The van der Waals surface area contributed by atoms with Gasteiger partial charge in [0.15, 0.2) is 0 Å². The number of aliphatic hydroxyl groups is 1. The lowest BCUT2D eigenvalue weighted by molar-refractivity contribution is 0.0785. The summed E-state index contributed by atoms with van der Waals surface area (Å²) in [5.74, 6) is 0.0831. The number of phenols is 1. The van der Waals surface area contributed by atoms with Crippen LogP contribution in [0, 0.1) is 11.7 Å². The van der Waals surface area contributed by atoms with Gasteiger partial charge in [-0.3, -0.25) is 4.79 Å². The lowest BCUT2D eigenvalue weighted by Gasteiger charge is -2.39. The van der Waals surface area contributed by atoms with Crippen LogP contribution in [0.15, 0.2) is 47.3 Å². The Bertz CT molecular complexity index is 1160. The average Bonchev–Trinajstić information content (AvgIpc) is 2.76. The third-order valence-corrected chi connectivity index (χ3v) is 6.81. The highest BCUT2D eigenvalue weighted by Crippen LogP contribution is 2.44. The lowest BCUT2D eigenvalue weighted by Crippen LogP contribution is -2.38. The first kappa shape index (κ1) is 20.2. The highest BCUT2D eigenvalue weighted by atomic mass is 19.1. The van der Waals surface area contributed by atoms with Crippen LogP contribution in [0.2, 0.25) is 0 Å². The van der Waals surface area contributed by atoms with E-state index in [-0.39, 0.29) is 41.6 Å². The van der Waals surface area contributed by atoms with E-state index in [0.29, 0.717) is 18.6 Å². The summed E-state index contributed by atoms with van der Waals surface area (Å²) in [5, 5.41) is 20.9. The zero-order valence-electron chi connectivity index (χ0n) is 17.3. The molecule has 0 unspecified atom stereocenters. The summed E-state index contributed by atoms with van der Waals surface area (Å²) in [7, 11) is 0. The number of nitrogens with zero attached hydrogens (tertiary/aromatic N) is 1. The molecule has 5 nitrogen and oxygen atoms in total. The van der Waals surface area contributed by atoms with Crippen molar-refractivity contribution in [3.8, 4) is 16.9 Å². The molecular formula is C25H26FNO4. The molecule has 1 saturated carbocycles. The van der Waals surface area contributed by atoms with Crippen LogP contribution in [0.5, 0.6) is 5.75 Å². The largest absolute Gasteiger partial charge is 0.508 e. The summed E-state index contributed by atoms with van der Waals surface area (Å²) in [6, 6.07) is 11.3. The maximum absolute atomic E-state index is 13.7. The fourth-order valence-electron chi connectivity index (χ4n) is 5.14. The monoisotopic (exact) mass is 423 g/mol. The van der Waals surface area contributed by atoms with E-state index in [4.69, 9.17) is 4.74 Å². The number of hydrogen-bond acceptors (Lipinski definition) is 4. The van der Waals surface area contributed by atoms with Crippen LogP contribution in [-0.2, 0) is 4.74 Å². The van der Waals surface area contributed by atoms with Gasteiger partial charge in [0.25, 0.3) is 5.56 Å². The summed E-state index contributed by atoms with van der Waals surface area (Å²) in [6.07, 6.45) is 3.13. The average molecular weight is 423 g/mol. The number of phenolic OH excluding ortho intramolecular Hbond substituents is 1. The molecule has 1 aromatic heterocycles. The third kappa shape index (κ3) is 3.54. The quantitative estimate of drug-likeness (QED) is 0.655. The molecule has 2 fully saturated rings. The molecule has 0 amide bonds. The van der Waals surface area contributed by atoms with Gasteiger partial charge in [0.2, 0.25) is 0 Å². The number of aliphatic hydroxyl groups excluding tert-OH is 1. The zero-order valence-corrected chi connectivity index (χ0v) is 17.3. The Balaban J connectivity index is 1.83. The van der Waals surface area contributed by atoms with Crippen molar-refractivity contribution in [2.75, 3.05) is 19.8 Å². The van der Waals surface area contributed by atoms with Gasteiger partial charge < -0.3 is 19.5 Å². The number of aromatic hydroxyl groups is 1. The highest BCUT2D eigenvalue weighted by molar-refractivity contribution is 5.98. The first-order valence-electron chi connectivity index (χ1n) is 10.9. The summed E-state index contributed by atoms with van der Waals surface area (Å²) in [4.78, 5) is 13.7. The Morgan fingerprint density at radius 1 is 1.03 bits per heavy atom. The molecule has 0 bridgehead atoms. The van der Waals surface area contributed by atoms with Gasteiger partial charge in [-0.05, 0) is 72.9 Å². The molecule has 0 atom stereocenters. The summed E-state index contributed by atoms with van der Waals surface area (Å²) in [5.41, 5.74) is 2.64. The number of ether oxygens (including phenoxy) is 1. The second-order valence-electron chi connectivity index (χ2n) is 8.73. The van der Waals surface area contributed by atoms with Crippen LogP contribution in [0.1, 0.15) is 43.3 Å². The Kier molecular flexibility index (Phi) is 5.28. The van der Waals surface area contributed by atoms with Crippen molar-refractivity contribution in [3.05, 3.63) is 64.3 Å². The van der Waals surface area contributed by atoms with Crippen molar-refractivity contribution in [1.82, 2.24) is 4.57 Å². The van der Waals surface area contributed by atoms with Crippen LogP contribution >= 0.6 is 0 Å². The minimum absolute atomic E-state index is 0.00782. The van der Waals surface area contributed by atoms with E-state index in [9.17, 15) is 19.4 Å². The van der Waals surface area contributed by atoms with E-state index in [1.54, 1.807) is 24.3 Å². The molecule has 1 aliphatic carbocycles. The molecule has 0 radical (unpaired) electrons. The van der Waals surface area contributed by atoms with Crippen molar-refractivity contribution < 1.29 is 19.3 Å². The third-order valence-electron chi connectivity index (χ3n) is 6.81. The van der Waals surface area contributed by atoms with Crippen LogP contribution in [0.4, 0.5) is 4.39 Å². The van der Waals surface area contributed by atoms with Gasteiger partial charge in [0.1, 0.15) is 11.6 Å². The summed E-state index contributed by atoms with van der Waals surface area (Å²) in [6.45, 7) is 1.40. The van der Waals surface area contributed by atoms with E-state index >= 15 is 0 Å². The number of hydrogen-bond donors (Lipinski definition) is 2. The number of fused-ring (bicyclic) bond motifs is 1. The van der Waals surface area contributed by atoms with E-state index in [1.165, 1.54) is 18.2 Å². The normalized spacial score (nSPS) is 21.9.